The zero-order valence-electron chi connectivity index (χ0n) is 13.6. The van der Waals surface area contributed by atoms with E-state index in [1.165, 1.54) is 0 Å². The van der Waals surface area contributed by atoms with Crippen molar-refractivity contribution in [2.45, 2.75) is 33.2 Å². The Hall–Kier alpha value is -1.34. The van der Waals surface area contributed by atoms with Crippen LogP contribution < -0.4 is 5.32 Å². The Labute approximate surface area is 126 Å². The van der Waals surface area contributed by atoms with Gasteiger partial charge in [0.1, 0.15) is 0 Å². The molecule has 0 rings (SSSR count). The third-order valence-corrected chi connectivity index (χ3v) is 3.14. The van der Waals surface area contributed by atoms with Crippen LogP contribution in [0.2, 0.25) is 0 Å². The van der Waals surface area contributed by atoms with Crippen LogP contribution in [0.25, 0.3) is 0 Å². The summed E-state index contributed by atoms with van der Waals surface area (Å²) in [5, 5.41) is 11.8. The second-order valence-corrected chi connectivity index (χ2v) is 5.94. The molecule has 7 nitrogen and oxygen atoms in total. The van der Waals surface area contributed by atoms with Crippen LogP contribution in [0.15, 0.2) is 0 Å². The van der Waals surface area contributed by atoms with Crippen LogP contribution in [0.3, 0.4) is 0 Å². The van der Waals surface area contributed by atoms with Gasteiger partial charge in [-0.05, 0) is 5.41 Å². The van der Waals surface area contributed by atoms with Gasteiger partial charge in [0.2, 0.25) is 0 Å². The van der Waals surface area contributed by atoms with Crippen LogP contribution in [-0.4, -0.2) is 68.6 Å². The van der Waals surface area contributed by atoms with Crippen molar-refractivity contribution in [2.75, 3.05) is 40.5 Å². The molecule has 0 radical (unpaired) electrons. The van der Waals surface area contributed by atoms with E-state index in [4.69, 9.17) is 14.6 Å². The van der Waals surface area contributed by atoms with Crippen molar-refractivity contribution in [3.8, 4) is 0 Å². The standard InChI is InChI=1S/C14H28N2O5/c1-14(2,3)11(10-12(17)18)15-13(19)16(6-8-20-4)7-9-21-5/h11H,6-10H2,1-5H3,(H,15,19)(H,17,18). The fraction of sp³-hybridized carbons (Fsp3) is 0.857. The number of amides is 2. The highest BCUT2D eigenvalue weighted by Gasteiger charge is 2.29. The van der Waals surface area contributed by atoms with Crippen molar-refractivity contribution >= 4 is 12.0 Å². The summed E-state index contributed by atoms with van der Waals surface area (Å²) in [5.74, 6) is -0.935. The molecular formula is C14H28N2O5. The number of carbonyl (C=O) groups excluding carboxylic acids is 1. The lowest BCUT2D eigenvalue weighted by molar-refractivity contribution is -0.138. The minimum atomic E-state index is -0.935. The van der Waals surface area contributed by atoms with Crippen LogP contribution in [0.5, 0.6) is 0 Å². The summed E-state index contributed by atoms with van der Waals surface area (Å²) in [6, 6.07) is -0.750. The number of hydrogen-bond acceptors (Lipinski definition) is 4. The molecule has 1 unspecified atom stereocenters. The first kappa shape index (κ1) is 19.7. The molecule has 1 atom stereocenters. The molecule has 0 aromatic rings. The van der Waals surface area contributed by atoms with Crippen molar-refractivity contribution in [1.29, 1.82) is 0 Å². The van der Waals surface area contributed by atoms with Gasteiger partial charge in [0.25, 0.3) is 0 Å². The first-order valence-corrected chi connectivity index (χ1v) is 6.97. The van der Waals surface area contributed by atoms with Gasteiger partial charge in [-0.1, -0.05) is 20.8 Å². The summed E-state index contributed by atoms with van der Waals surface area (Å²) in [6.07, 6.45) is -0.113. The molecule has 0 aliphatic carbocycles. The Kier molecular flexibility index (Phi) is 8.96. The molecule has 0 heterocycles. The van der Waals surface area contributed by atoms with E-state index in [-0.39, 0.29) is 17.9 Å². The predicted molar refractivity (Wildman–Crippen MR) is 79.4 cm³/mol. The van der Waals surface area contributed by atoms with Crippen molar-refractivity contribution in [3.05, 3.63) is 0 Å². The van der Waals surface area contributed by atoms with E-state index in [0.29, 0.717) is 26.3 Å². The monoisotopic (exact) mass is 304 g/mol. The van der Waals surface area contributed by atoms with Gasteiger partial charge >= 0.3 is 12.0 Å². The molecule has 7 heteroatoms. The third-order valence-electron chi connectivity index (χ3n) is 3.14. The van der Waals surface area contributed by atoms with Gasteiger partial charge in [0.05, 0.1) is 19.6 Å². The second-order valence-electron chi connectivity index (χ2n) is 5.94. The Bertz CT molecular complexity index is 320. The SMILES string of the molecule is COCCN(CCOC)C(=O)NC(CC(=O)O)C(C)(C)C. The maximum atomic E-state index is 12.3. The average Bonchev–Trinajstić information content (AvgIpc) is 2.36. The van der Waals surface area contributed by atoms with Gasteiger partial charge in [0, 0.05) is 33.4 Å². The quantitative estimate of drug-likeness (QED) is 0.668. The molecule has 0 aromatic carbocycles. The minimum absolute atomic E-state index is 0.113. The molecule has 0 saturated carbocycles. The van der Waals surface area contributed by atoms with Crippen LogP contribution in [0, 0.1) is 5.41 Å². The highest BCUT2D eigenvalue weighted by atomic mass is 16.5. The lowest BCUT2D eigenvalue weighted by Crippen LogP contribution is -2.51. The zero-order chi connectivity index (χ0) is 16.5. The zero-order valence-corrected chi connectivity index (χ0v) is 13.6. The van der Waals surface area contributed by atoms with Gasteiger partial charge in [-0.15, -0.1) is 0 Å². The van der Waals surface area contributed by atoms with E-state index >= 15 is 0 Å². The van der Waals surface area contributed by atoms with Crippen LogP contribution in [0.1, 0.15) is 27.2 Å². The second kappa shape index (κ2) is 9.57. The number of aliphatic carboxylic acids is 1. The molecule has 0 bridgehead atoms. The summed E-state index contributed by atoms with van der Waals surface area (Å²) in [5.41, 5.74) is -0.345. The molecule has 0 saturated heterocycles. The lowest BCUT2D eigenvalue weighted by atomic mass is 9.85. The molecule has 0 aliphatic rings. The van der Waals surface area contributed by atoms with Crippen LogP contribution in [0.4, 0.5) is 4.79 Å². The van der Waals surface area contributed by atoms with E-state index in [9.17, 15) is 9.59 Å². The molecule has 0 aromatic heterocycles. The van der Waals surface area contributed by atoms with Gasteiger partial charge in [-0.3, -0.25) is 4.79 Å². The molecule has 0 fully saturated rings. The molecular weight excluding hydrogens is 276 g/mol. The first-order valence-electron chi connectivity index (χ1n) is 6.97. The minimum Gasteiger partial charge on any atom is -0.481 e. The van der Waals surface area contributed by atoms with E-state index < -0.39 is 12.0 Å². The highest BCUT2D eigenvalue weighted by Crippen LogP contribution is 2.22. The smallest absolute Gasteiger partial charge is 0.317 e. The number of hydrogen-bond donors (Lipinski definition) is 2. The van der Waals surface area contributed by atoms with Crippen molar-refractivity contribution < 1.29 is 24.2 Å². The van der Waals surface area contributed by atoms with Gasteiger partial charge in [-0.25, -0.2) is 4.79 Å². The Morgan fingerprint density at radius 3 is 1.95 bits per heavy atom. The number of carboxylic acid groups (broad SMARTS) is 1. The summed E-state index contributed by atoms with van der Waals surface area (Å²) in [6.45, 7) is 7.37. The van der Waals surface area contributed by atoms with Gasteiger partial charge in [-0.2, -0.15) is 0 Å². The Balaban J connectivity index is 4.75. The number of nitrogens with zero attached hydrogens (tertiary/aromatic N) is 1. The van der Waals surface area contributed by atoms with Crippen molar-refractivity contribution in [2.24, 2.45) is 5.41 Å². The molecule has 124 valence electrons. The highest BCUT2D eigenvalue weighted by molar-refractivity contribution is 5.76. The maximum absolute atomic E-state index is 12.3. The normalized spacial score (nSPS) is 12.8. The summed E-state index contributed by atoms with van der Waals surface area (Å²) < 4.78 is 9.97. The van der Waals surface area contributed by atoms with Crippen LogP contribution >= 0.6 is 0 Å². The third kappa shape index (κ3) is 8.52. The summed E-state index contributed by atoms with van der Waals surface area (Å²) in [4.78, 5) is 24.8. The number of ether oxygens (including phenoxy) is 2. The first-order chi connectivity index (χ1) is 9.72. The summed E-state index contributed by atoms with van der Waals surface area (Å²) in [7, 11) is 3.13. The van der Waals surface area contributed by atoms with Crippen LogP contribution in [-0.2, 0) is 14.3 Å². The van der Waals surface area contributed by atoms with Gasteiger partial charge in [0.15, 0.2) is 0 Å². The van der Waals surface area contributed by atoms with Crippen molar-refractivity contribution in [3.63, 3.8) is 0 Å². The fourth-order valence-electron chi connectivity index (χ4n) is 1.71. The Morgan fingerprint density at radius 2 is 1.62 bits per heavy atom. The molecule has 2 N–H and O–H groups in total. The Morgan fingerprint density at radius 1 is 1.14 bits per heavy atom. The molecule has 0 aliphatic heterocycles. The number of methoxy groups -OCH3 is 2. The number of urea groups is 1. The maximum Gasteiger partial charge on any atom is 0.317 e. The number of nitrogens with one attached hydrogen (secondary N) is 1. The average molecular weight is 304 g/mol. The number of carboxylic acids is 1. The number of rotatable bonds is 9. The van der Waals surface area contributed by atoms with Crippen molar-refractivity contribution in [1.82, 2.24) is 10.2 Å². The van der Waals surface area contributed by atoms with E-state index in [2.05, 4.69) is 5.32 Å². The van der Waals surface area contributed by atoms with E-state index in [1.807, 2.05) is 20.8 Å². The molecule has 2 amide bonds. The predicted octanol–water partition coefficient (Wildman–Crippen LogP) is 1.18. The summed E-state index contributed by atoms with van der Waals surface area (Å²) >= 11 is 0. The molecule has 21 heavy (non-hydrogen) atoms. The number of carbonyl (C=O) groups is 2. The largest absolute Gasteiger partial charge is 0.481 e. The fourth-order valence-corrected chi connectivity index (χ4v) is 1.71. The van der Waals surface area contributed by atoms with E-state index in [0.717, 1.165) is 0 Å². The topological polar surface area (TPSA) is 88.1 Å². The molecule has 0 spiro atoms. The van der Waals surface area contributed by atoms with Gasteiger partial charge < -0.3 is 24.8 Å². The van der Waals surface area contributed by atoms with E-state index in [1.54, 1.807) is 19.1 Å². The lowest BCUT2D eigenvalue weighted by Gasteiger charge is -2.33.